The molecule has 1 saturated heterocycles. The SMILES string of the molecule is OCCN(Cc1cc(Cl)ccc1OCC1CCCO1)C1CC1. The van der Waals surface area contributed by atoms with Gasteiger partial charge in [0.05, 0.1) is 12.7 Å². The van der Waals surface area contributed by atoms with Crippen LogP contribution in [0.15, 0.2) is 18.2 Å². The molecule has 4 nitrogen and oxygen atoms in total. The maximum absolute atomic E-state index is 9.25. The molecule has 2 aliphatic rings. The van der Waals surface area contributed by atoms with Gasteiger partial charge in [-0.15, -0.1) is 0 Å². The molecular weight excluding hydrogens is 302 g/mol. The van der Waals surface area contributed by atoms with Gasteiger partial charge in [-0.2, -0.15) is 0 Å². The van der Waals surface area contributed by atoms with Crippen molar-refractivity contribution < 1.29 is 14.6 Å². The molecule has 0 amide bonds. The summed E-state index contributed by atoms with van der Waals surface area (Å²) >= 11 is 6.15. The Balaban J connectivity index is 1.66. The first kappa shape index (κ1) is 16.1. The fourth-order valence-electron chi connectivity index (χ4n) is 2.95. The Labute approximate surface area is 137 Å². The van der Waals surface area contributed by atoms with Crippen LogP contribution in [0, 0.1) is 0 Å². The zero-order valence-electron chi connectivity index (χ0n) is 12.8. The van der Waals surface area contributed by atoms with Crippen LogP contribution in [0.5, 0.6) is 5.75 Å². The number of aliphatic hydroxyl groups is 1. The molecule has 0 spiro atoms. The lowest BCUT2D eigenvalue weighted by Crippen LogP contribution is -2.29. The van der Waals surface area contributed by atoms with Gasteiger partial charge in [0.2, 0.25) is 0 Å². The van der Waals surface area contributed by atoms with E-state index in [1.807, 2.05) is 18.2 Å². The second-order valence-electron chi connectivity index (χ2n) is 6.12. The zero-order valence-corrected chi connectivity index (χ0v) is 13.6. The highest BCUT2D eigenvalue weighted by Gasteiger charge is 2.29. The lowest BCUT2D eigenvalue weighted by Gasteiger charge is -2.23. The lowest BCUT2D eigenvalue weighted by molar-refractivity contribution is 0.0672. The van der Waals surface area contributed by atoms with Crippen molar-refractivity contribution in [2.75, 3.05) is 26.4 Å². The van der Waals surface area contributed by atoms with E-state index in [1.54, 1.807) is 0 Å². The van der Waals surface area contributed by atoms with Crippen molar-refractivity contribution in [2.24, 2.45) is 0 Å². The molecule has 1 N–H and O–H groups in total. The van der Waals surface area contributed by atoms with E-state index in [2.05, 4.69) is 4.90 Å². The van der Waals surface area contributed by atoms with Gasteiger partial charge in [0, 0.05) is 36.3 Å². The van der Waals surface area contributed by atoms with E-state index >= 15 is 0 Å². The fraction of sp³-hybridized carbons (Fsp3) is 0.647. The molecule has 0 radical (unpaired) electrons. The molecule has 22 heavy (non-hydrogen) atoms. The third kappa shape index (κ3) is 4.35. The Morgan fingerprint density at radius 3 is 2.86 bits per heavy atom. The Morgan fingerprint density at radius 1 is 1.32 bits per heavy atom. The van der Waals surface area contributed by atoms with E-state index in [1.165, 1.54) is 12.8 Å². The standard InChI is InChI=1S/C17H24ClNO3/c18-14-3-6-17(22-12-16-2-1-9-21-16)13(10-14)11-19(7-8-20)15-4-5-15/h3,6,10,15-16,20H,1-2,4-5,7-9,11-12H2. The van der Waals surface area contributed by atoms with Gasteiger partial charge in [-0.05, 0) is 43.9 Å². The van der Waals surface area contributed by atoms with Crippen LogP contribution < -0.4 is 4.74 Å². The summed E-state index contributed by atoms with van der Waals surface area (Å²) in [4.78, 5) is 2.31. The Bertz CT molecular complexity index is 487. The van der Waals surface area contributed by atoms with E-state index in [9.17, 15) is 5.11 Å². The minimum absolute atomic E-state index is 0.184. The molecule has 1 unspecified atom stereocenters. The van der Waals surface area contributed by atoms with Crippen LogP contribution >= 0.6 is 11.6 Å². The number of hydrogen-bond donors (Lipinski definition) is 1. The summed E-state index contributed by atoms with van der Waals surface area (Å²) in [6.07, 6.45) is 4.83. The van der Waals surface area contributed by atoms with Crippen molar-refractivity contribution in [3.63, 3.8) is 0 Å². The number of aliphatic hydroxyl groups excluding tert-OH is 1. The van der Waals surface area contributed by atoms with E-state index < -0.39 is 0 Å². The highest BCUT2D eigenvalue weighted by molar-refractivity contribution is 6.30. The molecule has 1 aromatic carbocycles. The van der Waals surface area contributed by atoms with Crippen molar-refractivity contribution in [1.82, 2.24) is 4.90 Å². The zero-order chi connectivity index (χ0) is 15.4. The Morgan fingerprint density at radius 2 is 2.18 bits per heavy atom. The monoisotopic (exact) mass is 325 g/mol. The van der Waals surface area contributed by atoms with Crippen molar-refractivity contribution in [3.8, 4) is 5.75 Å². The Kier molecular flexibility index (Phi) is 5.58. The van der Waals surface area contributed by atoms with Gasteiger partial charge in [0.1, 0.15) is 12.4 Å². The highest BCUT2D eigenvalue weighted by Crippen LogP contribution is 2.31. The summed E-state index contributed by atoms with van der Waals surface area (Å²) in [5.41, 5.74) is 1.09. The third-order valence-electron chi connectivity index (χ3n) is 4.30. The summed E-state index contributed by atoms with van der Waals surface area (Å²) in [6.45, 7) is 3.09. The number of nitrogens with zero attached hydrogens (tertiary/aromatic N) is 1. The molecule has 2 fully saturated rings. The quantitative estimate of drug-likeness (QED) is 0.798. The van der Waals surface area contributed by atoms with Crippen molar-refractivity contribution in [1.29, 1.82) is 0 Å². The molecule has 3 rings (SSSR count). The van der Waals surface area contributed by atoms with Crippen molar-refractivity contribution in [3.05, 3.63) is 28.8 Å². The van der Waals surface area contributed by atoms with Crippen molar-refractivity contribution in [2.45, 2.75) is 44.4 Å². The van der Waals surface area contributed by atoms with Crippen LogP contribution in [-0.2, 0) is 11.3 Å². The Hall–Kier alpha value is -0.810. The molecule has 1 saturated carbocycles. The van der Waals surface area contributed by atoms with Crippen LogP contribution in [0.3, 0.4) is 0 Å². The lowest BCUT2D eigenvalue weighted by atomic mass is 10.1. The first-order valence-corrected chi connectivity index (χ1v) is 8.52. The first-order chi connectivity index (χ1) is 10.8. The molecule has 5 heteroatoms. The molecular formula is C17H24ClNO3. The number of hydrogen-bond acceptors (Lipinski definition) is 4. The number of rotatable bonds is 8. The topological polar surface area (TPSA) is 41.9 Å². The van der Waals surface area contributed by atoms with Gasteiger partial charge in [-0.3, -0.25) is 4.90 Å². The minimum Gasteiger partial charge on any atom is -0.491 e. The normalized spacial score (nSPS) is 21.5. The number of benzene rings is 1. The van der Waals surface area contributed by atoms with Crippen LogP contribution in [0.25, 0.3) is 0 Å². The second kappa shape index (κ2) is 7.64. The van der Waals surface area contributed by atoms with E-state index in [4.69, 9.17) is 21.1 Å². The summed E-state index contributed by atoms with van der Waals surface area (Å²) in [6, 6.07) is 6.37. The largest absolute Gasteiger partial charge is 0.491 e. The molecule has 1 aliphatic heterocycles. The van der Waals surface area contributed by atoms with Crippen molar-refractivity contribution >= 4 is 11.6 Å². The highest BCUT2D eigenvalue weighted by atomic mass is 35.5. The van der Waals surface area contributed by atoms with Gasteiger partial charge in [0.25, 0.3) is 0 Å². The molecule has 1 aliphatic carbocycles. The summed E-state index contributed by atoms with van der Waals surface area (Å²) in [7, 11) is 0. The van der Waals surface area contributed by atoms with Crippen LogP contribution in [0.2, 0.25) is 5.02 Å². The van der Waals surface area contributed by atoms with Crippen LogP contribution in [0.4, 0.5) is 0 Å². The van der Waals surface area contributed by atoms with E-state index in [-0.39, 0.29) is 12.7 Å². The second-order valence-corrected chi connectivity index (χ2v) is 6.56. The average Bonchev–Trinajstić information content (AvgIpc) is 3.23. The predicted octanol–water partition coefficient (Wildman–Crippen LogP) is 2.85. The minimum atomic E-state index is 0.184. The number of ether oxygens (including phenoxy) is 2. The maximum Gasteiger partial charge on any atom is 0.124 e. The maximum atomic E-state index is 9.25. The summed E-state index contributed by atoms with van der Waals surface area (Å²) in [5, 5.41) is 9.97. The van der Waals surface area contributed by atoms with Gasteiger partial charge < -0.3 is 14.6 Å². The molecule has 1 heterocycles. The number of halogens is 1. The molecule has 122 valence electrons. The molecule has 0 aromatic heterocycles. The summed E-state index contributed by atoms with van der Waals surface area (Å²) < 4.78 is 11.6. The third-order valence-corrected chi connectivity index (χ3v) is 4.53. The van der Waals surface area contributed by atoms with Gasteiger partial charge in [-0.1, -0.05) is 11.6 Å². The van der Waals surface area contributed by atoms with Gasteiger partial charge >= 0.3 is 0 Å². The molecule has 0 bridgehead atoms. The van der Waals surface area contributed by atoms with E-state index in [0.29, 0.717) is 19.2 Å². The summed E-state index contributed by atoms with van der Waals surface area (Å²) in [5.74, 6) is 0.878. The van der Waals surface area contributed by atoms with E-state index in [0.717, 1.165) is 42.3 Å². The average molecular weight is 326 g/mol. The fourth-order valence-corrected chi connectivity index (χ4v) is 3.14. The first-order valence-electron chi connectivity index (χ1n) is 8.14. The smallest absolute Gasteiger partial charge is 0.124 e. The molecule has 1 aromatic rings. The van der Waals surface area contributed by atoms with Crippen LogP contribution in [-0.4, -0.2) is 48.5 Å². The van der Waals surface area contributed by atoms with Gasteiger partial charge in [-0.25, -0.2) is 0 Å². The predicted molar refractivity (Wildman–Crippen MR) is 86.4 cm³/mol. The molecule has 1 atom stereocenters. The van der Waals surface area contributed by atoms with Gasteiger partial charge in [0.15, 0.2) is 0 Å². The van der Waals surface area contributed by atoms with Crippen LogP contribution in [0.1, 0.15) is 31.2 Å².